The van der Waals surface area contributed by atoms with Gasteiger partial charge in [-0.2, -0.15) is 12.7 Å². The van der Waals surface area contributed by atoms with Crippen LogP contribution in [-0.4, -0.2) is 38.5 Å². The Morgan fingerprint density at radius 1 is 1.17 bits per heavy atom. The topological polar surface area (TPSA) is 87.7 Å². The molecule has 0 saturated carbocycles. The number of fused-ring (bicyclic) bond motifs is 1. The summed E-state index contributed by atoms with van der Waals surface area (Å²) < 4.78 is 34.5. The van der Waals surface area contributed by atoms with E-state index < -0.39 is 16.3 Å². The van der Waals surface area contributed by atoms with Gasteiger partial charge in [-0.05, 0) is 41.2 Å². The number of carbonyl (C=O) groups is 1. The Hall–Kier alpha value is -2.13. The van der Waals surface area contributed by atoms with E-state index in [9.17, 15) is 13.2 Å². The first-order valence-corrected chi connectivity index (χ1v) is 11.6. The second kappa shape index (κ2) is 10.3. The number of hydrogen-bond donors (Lipinski definition) is 2. The molecule has 2 N–H and O–H groups in total. The van der Waals surface area contributed by atoms with E-state index in [1.165, 1.54) is 4.31 Å². The Bertz CT molecular complexity index is 969. The lowest BCUT2D eigenvalue weighted by Gasteiger charge is -2.28. The van der Waals surface area contributed by atoms with Gasteiger partial charge in [0.1, 0.15) is 6.61 Å². The third kappa shape index (κ3) is 6.43. The molecule has 7 nitrogen and oxygen atoms in total. The van der Waals surface area contributed by atoms with Crippen LogP contribution in [0, 0.1) is 5.92 Å². The predicted octanol–water partition coefficient (Wildman–Crippen LogP) is 3.10. The van der Waals surface area contributed by atoms with E-state index >= 15 is 0 Å². The molecule has 0 unspecified atom stereocenters. The number of halogens is 1. The highest BCUT2D eigenvalue weighted by molar-refractivity contribution is 7.87. The zero-order chi connectivity index (χ0) is 21.6. The van der Waals surface area contributed by atoms with Crippen molar-refractivity contribution < 1.29 is 17.9 Å². The monoisotopic (exact) mass is 451 g/mol. The van der Waals surface area contributed by atoms with Gasteiger partial charge in [0, 0.05) is 31.2 Å². The fraction of sp³-hybridized carbons (Fsp3) is 0.381. The summed E-state index contributed by atoms with van der Waals surface area (Å²) in [4.78, 5) is 11.8. The minimum Gasteiger partial charge on any atom is -0.445 e. The van der Waals surface area contributed by atoms with Crippen molar-refractivity contribution in [2.45, 2.75) is 26.5 Å². The maximum Gasteiger partial charge on any atom is 0.407 e. The van der Waals surface area contributed by atoms with Crippen LogP contribution in [-0.2, 0) is 34.5 Å². The van der Waals surface area contributed by atoms with Gasteiger partial charge in [-0.1, -0.05) is 54.9 Å². The average molecular weight is 452 g/mol. The van der Waals surface area contributed by atoms with E-state index in [0.717, 1.165) is 16.7 Å². The molecule has 1 amide bonds. The highest BCUT2D eigenvalue weighted by Crippen LogP contribution is 2.23. The van der Waals surface area contributed by atoms with Gasteiger partial charge in [0.15, 0.2) is 0 Å². The Kier molecular flexibility index (Phi) is 7.71. The SMILES string of the molecule is C[C@@H](CNC(=O)OCc1ccccc1)CNS(=O)(=O)N1CCc2cc(Cl)ccc2C1. The standard InChI is InChI=1S/C21H26ClN3O4S/c1-16(12-23-21(26)29-15-17-5-3-2-4-6-17)13-24-30(27,28)25-10-9-18-11-20(22)8-7-19(18)14-25/h2-8,11,16,24H,9-10,12-15H2,1H3,(H,23,26)/t16-/m0/s1. The molecule has 9 heteroatoms. The van der Waals surface area contributed by atoms with Crippen LogP contribution in [0.25, 0.3) is 0 Å². The van der Waals surface area contributed by atoms with Crippen LogP contribution in [0.5, 0.6) is 0 Å². The summed E-state index contributed by atoms with van der Waals surface area (Å²) in [7, 11) is -3.61. The van der Waals surface area contributed by atoms with Gasteiger partial charge < -0.3 is 10.1 Å². The molecule has 162 valence electrons. The van der Waals surface area contributed by atoms with Crippen LogP contribution in [0.1, 0.15) is 23.6 Å². The number of benzene rings is 2. The van der Waals surface area contributed by atoms with Crippen molar-refractivity contribution in [2.24, 2.45) is 5.92 Å². The zero-order valence-electron chi connectivity index (χ0n) is 16.8. The minimum atomic E-state index is -3.61. The lowest BCUT2D eigenvalue weighted by atomic mass is 10.0. The van der Waals surface area contributed by atoms with Crippen LogP contribution in [0.4, 0.5) is 4.79 Å². The number of amides is 1. The molecule has 3 rings (SSSR count). The molecular weight excluding hydrogens is 426 g/mol. The summed E-state index contributed by atoms with van der Waals surface area (Å²) in [6.45, 7) is 3.28. The van der Waals surface area contributed by atoms with Gasteiger partial charge in [0.25, 0.3) is 10.2 Å². The molecule has 0 radical (unpaired) electrons. The average Bonchev–Trinajstić information content (AvgIpc) is 2.75. The number of carbonyl (C=O) groups excluding carboxylic acids is 1. The summed E-state index contributed by atoms with van der Waals surface area (Å²) in [5, 5.41) is 3.32. The first-order valence-electron chi connectivity index (χ1n) is 9.80. The number of nitrogens with one attached hydrogen (secondary N) is 2. The van der Waals surface area contributed by atoms with Gasteiger partial charge in [-0.3, -0.25) is 0 Å². The van der Waals surface area contributed by atoms with E-state index in [2.05, 4.69) is 10.0 Å². The number of alkyl carbamates (subject to hydrolysis) is 1. The number of rotatable bonds is 8. The van der Waals surface area contributed by atoms with Gasteiger partial charge in [-0.25, -0.2) is 9.52 Å². The summed E-state index contributed by atoms with van der Waals surface area (Å²) >= 11 is 6.01. The lowest BCUT2D eigenvalue weighted by molar-refractivity contribution is 0.138. The Morgan fingerprint density at radius 3 is 2.70 bits per heavy atom. The molecule has 0 saturated heterocycles. The van der Waals surface area contributed by atoms with Gasteiger partial charge >= 0.3 is 6.09 Å². The van der Waals surface area contributed by atoms with E-state index in [0.29, 0.717) is 31.1 Å². The number of hydrogen-bond acceptors (Lipinski definition) is 4. The fourth-order valence-corrected chi connectivity index (χ4v) is 4.66. The minimum absolute atomic E-state index is 0.0973. The molecule has 1 aliphatic heterocycles. The Balaban J connectivity index is 1.41. The van der Waals surface area contributed by atoms with E-state index in [4.69, 9.17) is 16.3 Å². The molecule has 0 spiro atoms. The normalized spacial score (nSPS) is 15.3. The van der Waals surface area contributed by atoms with Crippen LogP contribution in [0.2, 0.25) is 5.02 Å². The van der Waals surface area contributed by atoms with Crippen molar-refractivity contribution in [3.8, 4) is 0 Å². The molecule has 0 bridgehead atoms. The molecule has 1 atom stereocenters. The van der Waals surface area contributed by atoms with Crippen molar-refractivity contribution in [2.75, 3.05) is 19.6 Å². The van der Waals surface area contributed by atoms with Crippen molar-refractivity contribution >= 4 is 27.9 Å². The highest BCUT2D eigenvalue weighted by Gasteiger charge is 2.26. The van der Waals surface area contributed by atoms with Crippen molar-refractivity contribution in [3.63, 3.8) is 0 Å². The third-order valence-corrected chi connectivity index (χ3v) is 6.67. The summed E-state index contributed by atoms with van der Waals surface area (Å²) in [6.07, 6.45) is 0.0982. The lowest BCUT2D eigenvalue weighted by Crippen LogP contribution is -2.45. The largest absolute Gasteiger partial charge is 0.445 e. The predicted molar refractivity (Wildman–Crippen MR) is 116 cm³/mol. The quantitative estimate of drug-likeness (QED) is 0.645. The van der Waals surface area contributed by atoms with Crippen LogP contribution in [0.15, 0.2) is 48.5 Å². The number of nitrogens with zero attached hydrogens (tertiary/aromatic N) is 1. The molecule has 0 aliphatic carbocycles. The second-order valence-electron chi connectivity index (χ2n) is 7.40. The molecule has 0 aromatic heterocycles. The molecule has 1 heterocycles. The molecule has 0 fully saturated rings. The Morgan fingerprint density at radius 2 is 1.93 bits per heavy atom. The molecule has 1 aliphatic rings. The smallest absolute Gasteiger partial charge is 0.407 e. The van der Waals surface area contributed by atoms with Crippen molar-refractivity contribution in [1.29, 1.82) is 0 Å². The van der Waals surface area contributed by atoms with E-state index in [-0.39, 0.29) is 19.1 Å². The van der Waals surface area contributed by atoms with Crippen LogP contribution in [0.3, 0.4) is 0 Å². The zero-order valence-corrected chi connectivity index (χ0v) is 18.4. The Labute approximate surface area is 182 Å². The summed E-state index contributed by atoms with van der Waals surface area (Å²) in [6, 6.07) is 14.9. The summed E-state index contributed by atoms with van der Waals surface area (Å²) in [5.74, 6) is -0.0973. The molecule has 30 heavy (non-hydrogen) atoms. The molecular formula is C21H26ClN3O4S. The van der Waals surface area contributed by atoms with Gasteiger partial charge in [0.05, 0.1) is 0 Å². The van der Waals surface area contributed by atoms with Crippen LogP contribution >= 0.6 is 11.6 Å². The maximum atomic E-state index is 12.6. The first-order chi connectivity index (χ1) is 14.3. The highest BCUT2D eigenvalue weighted by atomic mass is 35.5. The van der Waals surface area contributed by atoms with Gasteiger partial charge in [-0.15, -0.1) is 0 Å². The molecule has 2 aromatic rings. The first kappa shape index (κ1) is 22.6. The number of ether oxygens (including phenoxy) is 1. The second-order valence-corrected chi connectivity index (χ2v) is 9.59. The van der Waals surface area contributed by atoms with Crippen LogP contribution < -0.4 is 10.0 Å². The fourth-order valence-electron chi connectivity index (χ4n) is 3.14. The van der Waals surface area contributed by atoms with Crippen molar-refractivity contribution in [1.82, 2.24) is 14.3 Å². The maximum absolute atomic E-state index is 12.6. The third-order valence-electron chi connectivity index (χ3n) is 4.91. The van der Waals surface area contributed by atoms with E-state index in [1.807, 2.05) is 49.4 Å². The summed E-state index contributed by atoms with van der Waals surface area (Å²) in [5.41, 5.74) is 2.95. The van der Waals surface area contributed by atoms with Gasteiger partial charge in [0.2, 0.25) is 0 Å². The van der Waals surface area contributed by atoms with E-state index in [1.54, 1.807) is 6.07 Å². The van der Waals surface area contributed by atoms with Crippen molar-refractivity contribution in [3.05, 3.63) is 70.2 Å². The molecule has 2 aromatic carbocycles.